The van der Waals surface area contributed by atoms with Gasteiger partial charge in [0.15, 0.2) is 0 Å². The topological polar surface area (TPSA) is 102 Å². The minimum Gasteiger partial charge on any atom is -0.480 e. The largest absolute Gasteiger partial charge is 0.480 e. The van der Waals surface area contributed by atoms with Crippen LogP contribution in [0.4, 0.5) is 4.79 Å². The molecule has 0 aliphatic heterocycles. The van der Waals surface area contributed by atoms with Gasteiger partial charge in [0.05, 0.1) is 7.11 Å². The zero-order chi connectivity index (χ0) is 10.9. The van der Waals surface area contributed by atoms with Crippen LogP contribution in [0.25, 0.3) is 0 Å². The van der Waals surface area contributed by atoms with E-state index in [9.17, 15) is 4.79 Å². The minimum atomic E-state index is -0.964. The third-order valence-corrected chi connectivity index (χ3v) is 0.880. The van der Waals surface area contributed by atoms with E-state index in [1.165, 1.54) is 7.11 Å². The third-order valence-electron chi connectivity index (χ3n) is 0.569. The Balaban J connectivity index is 0. The highest BCUT2D eigenvalue weighted by atomic mass is 32.1. The van der Waals surface area contributed by atoms with Crippen molar-refractivity contribution in [2.75, 3.05) is 13.7 Å². The van der Waals surface area contributed by atoms with E-state index in [-0.39, 0.29) is 11.7 Å². The van der Waals surface area contributed by atoms with Crippen LogP contribution in [0.3, 0.4) is 0 Å². The first kappa shape index (κ1) is 14.5. The van der Waals surface area contributed by atoms with Crippen molar-refractivity contribution in [3.8, 4) is 0 Å². The number of rotatable bonds is 2. The predicted molar refractivity (Wildman–Crippen MR) is 53.8 cm³/mol. The lowest BCUT2D eigenvalue weighted by atomic mass is 10.7. The van der Waals surface area contributed by atoms with Crippen molar-refractivity contribution in [2.24, 2.45) is 5.73 Å². The molecule has 76 valence electrons. The molecule has 1 amide bonds. The maximum Gasteiger partial charge on any atom is 0.323 e. The summed E-state index contributed by atoms with van der Waals surface area (Å²) >= 11 is 7.58. The first-order valence-electron chi connectivity index (χ1n) is 2.92. The SMILES string of the molecule is COC(=S)NCC(=O)O.NC(=O)S. The number of carboxylic acids is 1. The Bertz CT molecular complexity index is 193. The van der Waals surface area contributed by atoms with Gasteiger partial charge in [0.1, 0.15) is 6.54 Å². The zero-order valence-electron chi connectivity index (χ0n) is 6.81. The highest BCUT2D eigenvalue weighted by Gasteiger charge is 1.96. The lowest BCUT2D eigenvalue weighted by Gasteiger charge is -2.00. The maximum atomic E-state index is 9.84. The summed E-state index contributed by atoms with van der Waals surface area (Å²) < 4.78 is 4.46. The number of carboxylic acid groups (broad SMARTS) is 1. The molecular formula is C5H10N2O4S2. The summed E-state index contributed by atoms with van der Waals surface area (Å²) in [6.07, 6.45) is 0. The Morgan fingerprint density at radius 1 is 1.69 bits per heavy atom. The normalized spacial score (nSPS) is 7.54. The predicted octanol–water partition coefficient (Wildman–Crippen LogP) is -0.413. The van der Waals surface area contributed by atoms with Gasteiger partial charge < -0.3 is 20.9 Å². The number of methoxy groups -OCH3 is 1. The van der Waals surface area contributed by atoms with Gasteiger partial charge in [0.2, 0.25) is 0 Å². The Hall–Kier alpha value is -1.02. The highest BCUT2D eigenvalue weighted by Crippen LogP contribution is 1.70. The number of hydrogen-bond donors (Lipinski definition) is 4. The number of amides is 1. The van der Waals surface area contributed by atoms with Crippen LogP contribution in [0, 0.1) is 0 Å². The molecule has 0 bridgehead atoms. The van der Waals surface area contributed by atoms with Crippen LogP contribution < -0.4 is 11.1 Å². The molecule has 0 unspecified atom stereocenters. The lowest BCUT2D eigenvalue weighted by Crippen LogP contribution is -2.28. The van der Waals surface area contributed by atoms with Gasteiger partial charge in [0.25, 0.3) is 10.4 Å². The molecule has 0 saturated carbocycles. The average molecular weight is 226 g/mol. The van der Waals surface area contributed by atoms with Crippen molar-refractivity contribution in [3.05, 3.63) is 0 Å². The molecule has 0 radical (unpaired) electrons. The second-order valence-corrected chi connectivity index (χ2v) is 2.39. The van der Waals surface area contributed by atoms with Crippen molar-refractivity contribution in [1.29, 1.82) is 0 Å². The van der Waals surface area contributed by atoms with Gasteiger partial charge in [-0.3, -0.25) is 9.59 Å². The van der Waals surface area contributed by atoms with Gasteiger partial charge in [-0.05, 0) is 12.2 Å². The van der Waals surface area contributed by atoms with Crippen LogP contribution >= 0.6 is 24.8 Å². The molecule has 0 rings (SSSR count). The van der Waals surface area contributed by atoms with Gasteiger partial charge in [0, 0.05) is 0 Å². The molecule has 6 nitrogen and oxygen atoms in total. The molecule has 0 heterocycles. The number of aliphatic carboxylic acids is 1. The van der Waals surface area contributed by atoms with Gasteiger partial charge in [-0.25, -0.2) is 0 Å². The van der Waals surface area contributed by atoms with Crippen LogP contribution in [0.2, 0.25) is 0 Å². The fraction of sp³-hybridized carbons (Fsp3) is 0.400. The molecule has 0 aliphatic carbocycles. The molecule has 0 fully saturated rings. The average Bonchev–Trinajstić information content (AvgIpc) is 1.99. The standard InChI is InChI=1S/C4H7NO3S.CH3NOS/c1-8-4(9)5-2-3(6)7;2-1(3)4/h2H2,1H3,(H,5,9)(H,6,7);(H3,2,3,4). The molecule has 0 spiro atoms. The highest BCUT2D eigenvalue weighted by molar-refractivity contribution is 7.96. The van der Waals surface area contributed by atoms with Gasteiger partial charge in [-0.15, -0.1) is 0 Å². The van der Waals surface area contributed by atoms with E-state index in [0.29, 0.717) is 0 Å². The number of thiocarbonyl (C=S) groups is 1. The Kier molecular flexibility index (Phi) is 10.1. The molecular weight excluding hydrogens is 216 g/mol. The van der Waals surface area contributed by atoms with Crippen LogP contribution in [0.15, 0.2) is 0 Å². The monoisotopic (exact) mass is 226 g/mol. The van der Waals surface area contributed by atoms with E-state index in [0.717, 1.165) is 0 Å². The fourth-order valence-corrected chi connectivity index (χ4v) is 0.292. The summed E-state index contributed by atoms with van der Waals surface area (Å²) in [5, 5.41) is 9.88. The number of nitrogens with one attached hydrogen (secondary N) is 1. The molecule has 13 heavy (non-hydrogen) atoms. The summed E-state index contributed by atoms with van der Waals surface area (Å²) in [6, 6.07) is 0. The van der Waals surface area contributed by atoms with Crippen molar-refractivity contribution < 1.29 is 19.4 Å². The summed E-state index contributed by atoms with van der Waals surface area (Å²) in [4.78, 5) is 18.9. The number of nitrogens with two attached hydrogens (primary N) is 1. The summed E-state index contributed by atoms with van der Waals surface area (Å²) in [7, 11) is 1.37. The van der Waals surface area contributed by atoms with Crippen LogP contribution in [0.1, 0.15) is 0 Å². The number of primary amides is 1. The van der Waals surface area contributed by atoms with Gasteiger partial charge >= 0.3 is 5.97 Å². The lowest BCUT2D eigenvalue weighted by molar-refractivity contribution is -0.135. The van der Waals surface area contributed by atoms with Crippen LogP contribution in [-0.2, 0) is 9.53 Å². The Labute approximate surface area is 85.8 Å². The summed E-state index contributed by atoms with van der Waals surface area (Å²) in [5.74, 6) is -0.964. The van der Waals surface area contributed by atoms with Crippen molar-refractivity contribution in [2.45, 2.75) is 0 Å². The summed E-state index contributed by atoms with van der Waals surface area (Å²) in [6.45, 7) is -0.202. The number of hydrogen-bond acceptors (Lipinski definition) is 4. The number of carbonyl (C=O) groups excluding carboxylic acids is 1. The van der Waals surface area contributed by atoms with Crippen molar-refractivity contribution in [1.82, 2.24) is 5.32 Å². The maximum absolute atomic E-state index is 9.84. The molecule has 0 aliphatic rings. The smallest absolute Gasteiger partial charge is 0.323 e. The van der Waals surface area contributed by atoms with Crippen LogP contribution in [0.5, 0.6) is 0 Å². The summed E-state index contributed by atoms with van der Waals surface area (Å²) in [5.41, 5.74) is 4.34. The molecule has 4 N–H and O–H groups in total. The Morgan fingerprint density at radius 3 is 2.31 bits per heavy atom. The van der Waals surface area contributed by atoms with E-state index in [4.69, 9.17) is 9.90 Å². The molecule has 0 aromatic heterocycles. The second-order valence-electron chi connectivity index (χ2n) is 1.58. The molecule has 0 saturated heterocycles. The number of carbonyl (C=O) groups is 2. The van der Waals surface area contributed by atoms with E-state index in [1.54, 1.807) is 0 Å². The number of ether oxygens (including phenoxy) is 1. The third kappa shape index (κ3) is 24.8. The molecule has 0 aromatic rings. The van der Waals surface area contributed by atoms with Gasteiger partial charge in [-0.1, -0.05) is 12.6 Å². The van der Waals surface area contributed by atoms with Crippen molar-refractivity contribution in [3.63, 3.8) is 0 Å². The minimum absolute atomic E-state index is 0.0948. The zero-order valence-corrected chi connectivity index (χ0v) is 8.52. The molecule has 8 heteroatoms. The molecule has 0 atom stereocenters. The quantitative estimate of drug-likeness (QED) is 0.377. The van der Waals surface area contributed by atoms with Gasteiger partial charge in [-0.2, -0.15) is 0 Å². The van der Waals surface area contributed by atoms with Crippen LogP contribution in [-0.4, -0.2) is 35.1 Å². The fourth-order valence-electron chi connectivity index (χ4n) is 0.220. The number of thiol groups is 1. The van der Waals surface area contributed by atoms with E-state index >= 15 is 0 Å². The first-order valence-corrected chi connectivity index (χ1v) is 3.77. The first-order chi connectivity index (χ1) is 5.90. The van der Waals surface area contributed by atoms with E-state index in [1.807, 2.05) is 0 Å². The Morgan fingerprint density at radius 2 is 2.08 bits per heavy atom. The van der Waals surface area contributed by atoms with Crippen molar-refractivity contribution >= 4 is 41.2 Å². The van der Waals surface area contributed by atoms with E-state index in [2.05, 4.69) is 40.6 Å². The molecule has 0 aromatic carbocycles. The second kappa shape index (κ2) is 9.07. The van der Waals surface area contributed by atoms with E-state index < -0.39 is 11.2 Å².